The maximum absolute atomic E-state index is 13.6. The Labute approximate surface area is 180 Å². The smallest absolute Gasteiger partial charge is 0.330 e. The van der Waals surface area contributed by atoms with Gasteiger partial charge in [0.1, 0.15) is 5.82 Å². The Kier molecular flexibility index (Phi) is 6.58. The summed E-state index contributed by atoms with van der Waals surface area (Å²) in [7, 11) is 0. The average Bonchev–Trinajstić information content (AvgIpc) is 2.72. The summed E-state index contributed by atoms with van der Waals surface area (Å²) in [5.41, 5.74) is 7.85. The van der Waals surface area contributed by atoms with Crippen LogP contribution < -0.4 is 21.9 Å². The van der Waals surface area contributed by atoms with Crippen LogP contribution in [0.4, 0.5) is 11.5 Å². The Morgan fingerprint density at radius 3 is 2.58 bits per heavy atom. The second-order valence-electron chi connectivity index (χ2n) is 7.77. The summed E-state index contributed by atoms with van der Waals surface area (Å²) in [4.78, 5) is 46.9. The molecular formula is C23H29N5O3. The minimum atomic E-state index is -0.665. The average molecular weight is 424 g/mol. The third-order valence-electron chi connectivity index (χ3n) is 5.30. The highest BCUT2D eigenvalue weighted by Gasteiger charge is 2.26. The molecule has 164 valence electrons. The number of unbranched alkanes of at least 4 members (excludes halogenated alkanes) is 1. The standard InChI is InChI=1S/C23H29N5O3/c1-5-7-11-27(19-20(24)28(10-6-2)23(31)26-21(19)29)22(30)17-13-16-12-14(3)8-9-18(16)25-15(17)4/h8-9,12-13H,5-7,10-11,24H2,1-4H3,(H,26,29,31). The summed E-state index contributed by atoms with van der Waals surface area (Å²) in [6.45, 7) is 8.31. The number of pyridine rings is 1. The summed E-state index contributed by atoms with van der Waals surface area (Å²) in [5, 5.41) is 0.849. The van der Waals surface area contributed by atoms with Crippen LogP contribution in [-0.2, 0) is 6.54 Å². The third kappa shape index (κ3) is 4.38. The molecule has 0 aliphatic heterocycles. The molecule has 8 heteroatoms. The van der Waals surface area contributed by atoms with Gasteiger partial charge in [0.2, 0.25) is 0 Å². The number of rotatable bonds is 7. The van der Waals surface area contributed by atoms with Crippen LogP contribution >= 0.6 is 0 Å². The van der Waals surface area contributed by atoms with Gasteiger partial charge in [-0.25, -0.2) is 4.79 Å². The normalized spacial score (nSPS) is 11.1. The van der Waals surface area contributed by atoms with E-state index in [4.69, 9.17) is 5.73 Å². The molecule has 0 aliphatic rings. The fourth-order valence-electron chi connectivity index (χ4n) is 3.67. The van der Waals surface area contributed by atoms with Crippen LogP contribution in [0.25, 0.3) is 10.9 Å². The quantitative estimate of drug-likeness (QED) is 0.606. The number of fused-ring (bicyclic) bond motifs is 1. The number of carbonyl (C=O) groups excluding carboxylic acids is 1. The molecule has 3 rings (SSSR count). The number of carbonyl (C=O) groups is 1. The molecule has 0 saturated heterocycles. The maximum atomic E-state index is 13.6. The van der Waals surface area contributed by atoms with Crippen molar-refractivity contribution in [1.82, 2.24) is 14.5 Å². The molecule has 0 atom stereocenters. The van der Waals surface area contributed by atoms with Gasteiger partial charge in [-0.05, 0) is 44.9 Å². The van der Waals surface area contributed by atoms with E-state index in [0.29, 0.717) is 37.2 Å². The van der Waals surface area contributed by atoms with E-state index < -0.39 is 11.2 Å². The van der Waals surface area contributed by atoms with E-state index in [9.17, 15) is 14.4 Å². The number of nitrogens with zero attached hydrogens (tertiary/aromatic N) is 3. The molecule has 0 spiro atoms. The maximum Gasteiger partial charge on any atom is 0.330 e. The lowest BCUT2D eigenvalue weighted by Crippen LogP contribution is -2.42. The van der Waals surface area contributed by atoms with Gasteiger partial charge in [-0.3, -0.25) is 24.1 Å². The van der Waals surface area contributed by atoms with E-state index in [2.05, 4.69) is 9.97 Å². The Morgan fingerprint density at radius 1 is 1.16 bits per heavy atom. The Bertz CT molecular complexity index is 1240. The molecule has 31 heavy (non-hydrogen) atoms. The SMILES string of the molecule is CCCCN(C(=O)c1cc2cc(C)ccc2nc1C)c1c(N)n(CCC)c(=O)[nH]c1=O. The van der Waals surface area contributed by atoms with E-state index in [1.807, 2.05) is 39.0 Å². The van der Waals surface area contributed by atoms with Gasteiger partial charge < -0.3 is 10.6 Å². The summed E-state index contributed by atoms with van der Waals surface area (Å²) in [5.74, 6) is -0.358. The van der Waals surface area contributed by atoms with E-state index in [1.165, 1.54) is 9.47 Å². The zero-order valence-corrected chi connectivity index (χ0v) is 18.5. The lowest BCUT2D eigenvalue weighted by Gasteiger charge is -2.25. The molecule has 3 N–H and O–H groups in total. The number of aryl methyl sites for hydroxylation is 2. The van der Waals surface area contributed by atoms with Crippen LogP contribution in [0.15, 0.2) is 33.9 Å². The van der Waals surface area contributed by atoms with Crippen LogP contribution in [0, 0.1) is 13.8 Å². The highest BCUT2D eigenvalue weighted by Crippen LogP contribution is 2.24. The van der Waals surface area contributed by atoms with E-state index in [-0.39, 0.29) is 17.4 Å². The Hall–Kier alpha value is -3.42. The van der Waals surface area contributed by atoms with Gasteiger partial charge in [-0.1, -0.05) is 31.9 Å². The minimum Gasteiger partial charge on any atom is -0.383 e. The van der Waals surface area contributed by atoms with E-state index in [1.54, 1.807) is 13.0 Å². The Morgan fingerprint density at radius 2 is 1.90 bits per heavy atom. The van der Waals surface area contributed by atoms with Crippen molar-refractivity contribution in [1.29, 1.82) is 0 Å². The molecule has 1 aromatic carbocycles. The first-order chi connectivity index (χ1) is 14.8. The van der Waals surface area contributed by atoms with Crippen molar-refractivity contribution in [3.8, 4) is 0 Å². The van der Waals surface area contributed by atoms with Crippen molar-refractivity contribution in [3.05, 3.63) is 61.9 Å². The van der Waals surface area contributed by atoms with E-state index >= 15 is 0 Å². The molecule has 2 aromatic heterocycles. The number of hydrogen-bond donors (Lipinski definition) is 2. The van der Waals surface area contributed by atoms with Crippen molar-refractivity contribution in [2.75, 3.05) is 17.2 Å². The minimum absolute atomic E-state index is 0.00213. The number of aromatic nitrogens is 3. The van der Waals surface area contributed by atoms with Crippen LogP contribution in [-0.4, -0.2) is 27.0 Å². The Balaban J connectivity index is 2.19. The van der Waals surface area contributed by atoms with Crippen LogP contribution in [0.2, 0.25) is 0 Å². The van der Waals surface area contributed by atoms with Crippen LogP contribution in [0.1, 0.15) is 54.7 Å². The number of benzene rings is 1. The summed E-state index contributed by atoms with van der Waals surface area (Å²) in [6, 6.07) is 7.67. The molecule has 0 saturated carbocycles. The predicted molar refractivity (Wildman–Crippen MR) is 124 cm³/mol. The topological polar surface area (TPSA) is 114 Å². The zero-order chi connectivity index (χ0) is 22.7. The van der Waals surface area contributed by atoms with Gasteiger partial charge in [0.25, 0.3) is 11.5 Å². The highest BCUT2D eigenvalue weighted by molar-refractivity contribution is 6.09. The lowest BCUT2D eigenvalue weighted by atomic mass is 10.1. The summed E-state index contributed by atoms with van der Waals surface area (Å²) in [6.07, 6.45) is 2.16. The van der Waals surface area contributed by atoms with Gasteiger partial charge in [0.15, 0.2) is 5.69 Å². The van der Waals surface area contributed by atoms with Crippen molar-refractivity contribution < 1.29 is 4.79 Å². The largest absolute Gasteiger partial charge is 0.383 e. The third-order valence-corrected chi connectivity index (χ3v) is 5.30. The number of aromatic amines is 1. The fourth-order valence-corrected chi connectivity index (χ4v) is 3.67. The first-order valence-corrected chi connectivity index (χ1v) is 10.6. The molecular weight excluding hydrogens is 394 g/mol. The molecule has 0 aliphatic carbocycles. The van der Waals surface area contributed by atoms with Gasteiger partial charge >= 0.3 is 5.69 Å². The predicted octanol–water partition coefficient (Wildman–Crippen LogP) is 3.14. The van der Waals surface area contributed by atoms with Crippen molar-refractivity contribution in [2.24, 2.45) is 0 Å². The van der Waals surface area contributed by atoms with Crippen LogP contribution in [0.3, 0.4) is 0 Å². The second-order valence-corrected chi connectivity index (χ2v) is 7.77. The molecule has 0 radical (unpaired) electrons. The molecule has 0 unspecified atom stereocenters. The molecule has 8 nitrogen and oxygen atoms in total. The van der Waals surface area contributed by atoms with Crippen molar-refractivity contribution in [2.45, 2.75) is 53.5 Å². The molecule has 2 heterocycles. The zero-order valence-electron chi connectivity index (χ0n) is 18.5. The number of H-pyrrole nitrogens is 1. The van der Waals surface area contributed by atoms with E-state index in [0.717, 1.165) is 22.9 Å². The molecule has 0 fully saturated rings. The number of anilines is 2. The number of nitrogens with two attached hydrogens (primary N) is 1. The van der Waals surface area contributed by atoms with Crippen LogP contribution in [0.5, 0.6) is 0 Å². The molecule has 0 bridgehead atoms. The van der Waals surface area contributed by atoms with Gasteiger partial charge in [0.05, 0.1) is 16.8 Å². The summed E-state index contributed by atoms with van der Waals surface area (Å²) >= 11 is 0. The number of nitrogen functional groups attached to an aromatic ring is 1. The number of nitrogens with one attached hydrogen (secondary N) is 1. The second kappa shape index (κ2) is 9.16. The lowest BCUT2D eigenvalue weighted by molar-refractivity contribution is 0.0985. The highest BCUT2D eigenvalue weighted by atomic mass is 16.2. The van der Waals surface area contributed by atoms with Crippen molar-refractivity contribution >= 4 is 28.3 Å². The monoisotopic (exact) mass is 423 g/mol. The number of hydrogen-bond acceptors (Lipinski definition) is 5. The molecule has 1 amide bonds. The first-order valence-electron chi connectivity index (χ1n) is 10.6. The fraction of sp³-hybridized carbons (Fsp3) is 0.391. The molecule has 3 aromatic rings. The van der Waals surface area contributed by atoms with Gasteiger partial charge in [-0.2, -0.15) is 0 Å². The van der Waals surface area contributed by atoms with Gasteiger partial charge in [-0.15, -0.1) is 0 Å². The van der Waals surface area contributed by atoms with Crippen molar-refractivity contribution in [3.63, 3.8) is 0 Å². The first kappa shape index (κ1) is 22.3. The number of amides is 1. The van der Waals surface area contributed by atoms with Gasteiger partial charge in [0, 0.05) is 18.5 Å². The summed E-state index contributed by atoms with van der Waals surface area (Å²) < 4.78 is 1.30.